The van der Waals surface area contributed by atoms with Crippen LogP contribution in [0.25, 0.3) is 17.1 Å². The van der Waals surface area contributed by atoms with E-state index >= 15 is 0 Å². The number of benzene rings is 2. The molecule has 5 rings (SSSR count). The molecule has 0 bridgehead atoms. The number of carbonyl (C=O) groups is 1. The monoisotopic (exact) mass is 426 g/mol. The molecule has 0 spiro atoms. The summed E-state index contributed by atoms with van der Waals surface area (Å²) in [6, 6.07) is 18.0. The van der Waals surface area contributed by atoms with E-state index in [1.165, 1.54) is 12.7 Å². The van der Waals surface area contributed by atoms with E-state index in [0.717, 1.165) is 54.1 Å². The first-order chi connectivity index (χ1) is 15.7. The molecule has 1 aliphatic rings. The normalized spacial score (nSPS) is 14.4. The summed E-state index contributed by atoms with van der Waals surface area (Å²) in [5, 5.41) is 7.30. The molecule has 162 valence electrons. The lowest BCUT2D eigenvalue weighted by Gasteiger charge is -2.15. The van der Waals surface area contributed by atoms with Gasteiger partial charge in [0, 0.05) is 12.1 Å². The third-order valence-electron chi connectivity index (χ3n) is 6.04. The number of aromatic nitrogens is 5. The van der Waals surface area contributed by atoms with E-state index in [0.29, 0.717) is 5.69 Å². The zero-order valence-corrected chi connectivity index (χ0v) is 18.1. The highest BCUT2D eigenvalue weighted by atomic mass is 16.2. The number of nitrogens with one attached hydrogen (secondary N) is 1. The fraction of sp³-hybridized carbons (Fsp3) is 0.280. The van der Waals surface area contributed by atoms with E-state index in [9.17, 15) is 4.79 Å². The predicted molar refractivity (Wildman–Crippen MR) is 122 cm³/mol. The molecule has 1 atom stereocenters. The van der Waals surface area contributed by atoms with Crippen LogP contribution in [0.4, 0.5) is 0 Å². The summed E-state index contributed by atoms with van der Waals surface area (Å²) in [4.78, 5) is 22.1. The molecule has 1 unspecified atom stereocenters. The van der Waals surface area contributed by atoms with Crippen molar-refractivity contribution in [2.24, 2.45) is 0 Å². The van der Waals surface area contributed by atoms with E-state index in [-0.39, 0.29) is 11.9 Å². The molecule has 0 saturated heterocycles. The summed E-state index contributed by atoms with van der Waals surface area (Å²) in [5.74, 6) is 0.767. The Bertz CT molecular complexity index is 1200. The van der Waals surface area contributed by atoms with Crippen molar-refractivity contribution in [2.75, 3.05) is 0 Å². The van der Waals surface area contributed by atoms with Crippen molar-refractivity contribution in [1.29, 1.82) is 0 Å². The van der Waals surface area contributed by atoms with Gasteiger partial charge in [-0.3, -0.25) is 4.79 Å². The summed E-state index contributed by atoms with van der Waals surface area (Å²) in [6.45, 7) is 2.90. The van der Waals surface area contributed by atoms with Crippen LogP contribution >= 0.6 is 0 Å². The first kappa shape index (κ1) is 20.2. The molecular weight excluding hydrogens is 400 g/mol. The summed E-state index contributed by atoms with van der Waals surface area (Å²) in [5.41, 5.74) is 4.60. The van der Waals surface area contributed by atoms with Crippen molar-refractivity contribution in [3.63, 3.8) is 0 Å². The molecule has 0 radical (unpaired) electrons. The van der Waals surface area contributed by atoms with Gasteiger partial charge in [0.25, 0.3) is 5.91 Å². The van der Waals surface area contributed by atoms with Gasteiger partial charge in [0.15, 0.2) is 0 Å². The Hall–Kier alpha value is -3.74. The van der Waals surface area contributed by atoms with Gasteiger partial charge in [-0.2, -0.15) is 5.10 Å². The topological polar surface area (TPSA) is 77.6 Å². The third kappa shape index (κ3) is 3.93. The predicted octanol–water partition coefficient (Wildman–Crippen LogP) is 4.35. The Morgan fingerprint density at radius 1 is 1.03 bits per heavy atom. The number of rotatable bonds is 5. The van der Waals surface area contributed by atoms with Crippen LogP contribution in [0.5, 0.6) is 0 Å². The van der Waals surface area contributed by atoms with Gasteiger partial charge < -0.3 is 9.88 Å². The van der Waals surface area contributed by atoms with Crippen molar-refractivity contribution >= 4 is 5.91 Å². The lowest BCUT2D eigenvalue weighted by molar-refractivity contribution is 0.0934. The minimum Gasteiger partial charge on any atom is -0.344 e. The van der Waals surface area contributed by atoms with E-state index in [1.807, 2.05) is 49.4 Å². The number of nitrogens with zero attached hydrogens (tertiary/aromatic N) is 5. The van der Waals surface area contributed by atoms with Gasteiger partial charge in [0.05, 0.1) is 17.4 Å². The van der Waals surface area contributed by atoms with E-state index in [1.54, 1.807) is 11.0 Å². The number of amides is 1. The highest BCUT2D eigenvalue weighted by Gasteiger charge is 2.25. The Kier molecular flexibility index (Phi) is 5.54. The van der Waals surface area contributed by atoms with Crippen molar-refractivity contribution < 1.29 is 4.79 Å². The lowest BCUT2D eigenvalue weighted by atomic mass is 10.1. The average Bonchev–Trinajstić information content (AvgIpc) is 3.43. The molecule has 32 heavy (non-hydrogen) atoms. The van der Waals surface area contributed by atoms with Gasteiger partial charge in [-0.15, -0.1) is 0 Å². The molecule has 2 aromatic carbocycles. The molecule has 1 amide bonds. The lowest BCUT2D eigenvalue weighted by Crippen LogP contribution is -2.28. The highest BCUT2D eigenvalue weighted by Crippen LogP contribution is 2.27. The summed E-state index contributed by atoms with van der Waals surface area (Å²) < 4.78 is 3.95. The average molecular weight is 427 g/mol. The van der Waals surface area contributed by atoms with Crippen LogP contribution in [0.1, 0.15) is 54.0 Å². The van der Waals surface area contributed by atoms with Gasteiger partial charge in [-0.1, -0.05) is 48.9 Å². The molecule has 1 aliphatic heterocycles. The molecule has 3 heterocycles. The molecule has 7 nitrogen and oxygen atoms in total. The first-order valence-electron chi connectivity index (χ1n) is 11.1. The molecule has 0 fully saturated rings. The second kappa shape index (κ2) is 8.78. The number of imidazole rings is 1. The van der Waals surface area contributed by atoms with Crippen LogP contribution in [0, 0.1) is 0 Å². The molecule has 1 N–H and O–H groups in total. The largest absolute Gasteiger partial charge is 0.344 e. The molecule has 4 aromatic rings. The number of carbonyl (C=O) groups excluding carboxylic acids is 1. The van der Waals surface area contributed by atoms with Crippen molar-refractivity contribution in [1.82, 2.24) is 29.6 Å². The Morgan fingerprint density at radius 3 is 2.59 bits per heavy atom. The minimum absolute atomic E-state index is 0.120. The van der Waals surface area contributed by atoms with E-state index in [4.69, 9.17) is 4.98 Å². The molecule has 0 saturated carbocycles. The first-order valence-corrected chi connectivity index (χ1v) is 11.1. The van der Waals surface area contributed by atoms with Crippen LogP contribution in [0.2, 0.25) is 0 Å². The smallest absolute Gasteiger partial charge is 0.272 e. The fourth-order valence-electron chi connectivity index (χ4n) is 4.31. The second-order valence-corrected chi connectivity index (χ2v) is 8.19. The van der Waals surface area contributed by atoms with Crippen molar-refractivity contribution in [3.05, 3.63) is 84.2 Å². The summed E-state index contributed by atoms with van der Waals surface area (Å²) >= 11 is 0. The van der Waals surface area contributed by atoms with Gasteiger partial charge in [0.1, 0.15) is 24.2 Å². The van der Waals surface area contributed by atoms with Crippen LogP contribution in [0.3, 0.4) is 0 Å². The van der Waals surface area contributed by atoms with E-state index < -0.39 is 0 Å². The van der Waals surface area contributed by atoms with Gasteiger partial charge in [-0.05, 0) is 43.9 Å². The van der Waals surface area contributed by atoms with Crippen LogP contribution in [-0.2, 0) is 13.0 Å². The zero-order valence-electron chi connectivity index (χ0n) is 18.1. The van der Waals surface area contributed by atoms with Crippen LogP contribution in [-0.4, -0.2) is 30.2 Å². The number of hydrogen-bond acceptors (Lipinski definition) is 4. The summed E-state index contributed by atoms with van der Waals surface area (Å²) in [6.07, 6.45) is 7.41. The molecule has 7 heteroatoms. The third-order valence-corrected chi connectivity index (χ3v) is 6.04. The summed E-state index contributed by atoms with van der Waals surface area (Å²) in [7, 11) is 0. The maximum absolute atomic E-state index is 13.3. The van der Waals surface area contributed by atoms with Gasteiger partial charge in [0.2, 0.25) is 0 Å². The number of fused-ring (bicyclic) bond motifs is 1. The molecule has 0 aliphatic carbocycles. The maximum atomic E-state index is 13.3. The molecular formula is C25H26N6O. The zero-order chi connectivity index (χ0) is 21.9. The van der Waals surface area contributed by atoms with E-state index in [2.05, 4.69) is 32.1 Å². The molecule has 2 aromatic heterocycles. The standard InChI is InChI=1S/C25H26N6O/c1-18(19-11-13-21(14-12-19)31-17-26-16-27-31)28-25(32)23-22-10-6-3-7-15-30(22)24(29-23)20-8-4-2-5-9-20/h2,4-5,8-9,11-14,16-18H,3,6-7,10,15H2,1H3,(H,28,32). The Balaban J connectivity index is 1.40. The van der Waals surface area contributed by atoms with Crippen LogP contribution < -0.4 is 5.32 Å². The van der Waals surface area contributed by atoms with Crippen molar-refractivity contribution in [2.45, 2.75) is 45.2 Å². The Morgan fingerprint density at radius 2 is 1.84 bits per heavy atom. The fourth-order valence-corrected chi connectivity index (χ4v) is 4.31. The quantitative estimate of drug-likeness (QED) is 0.515. The maximum Gasteiger partial charge on any atom is 0.272 e. The second-order valence-electron chi connectivity index (χ2n) is 8.19. The van der Waals surface area contributed by atoms with Crippen molar-refractivity contribution in [3.8, 4) is 17.1 Å². The Labute approximate surface area is 187 Å². The number of hydrogen-bond donors (Lipinski definition) is 1. The highest BCUT2D eigenvalue weighted by molar-refractivity contribution is 5.94. The SMILES string of the molecule is CC(NC(=O)c1nc(-c2ccccc2)n2c1CCCCC2)c1ccc(-n2cncn2)cc1. The minimum atomic E-state index is -0.143. The van der Waals surface area contributed by atoms with Gasteiger partial charge >= 0.3 is 0 Å². The van der Waals surface area contributed by atoms with Gasteiger partial charge in [-0.25, -0.2) is 14.6 Å². The van der Waals surface area contributed by atoms with Crippen LogP contribution in [0.15, 0.2) is 67.3 Å².